The standard InChI is InChI=1S/C14H19FN2O/c1-10(2)17(13-6-7-16-9-13)14(18)11-4-3-5-12(15)8-11/h3-5,8,10,13,16H,6-7,9H2,1-2H3. The molecule has 18 heavy (non-hydrogen) atoms. The predicted octanol–water partition coefficient (Wildman–Crippen LogP) is 2.04. The summed E-state index contributed by atoms with van der Waals surface area (Å²) in [6.45, 7) is 5.74. The van der Waals surface area contributed by atoms with Crippen molar-refractivity contribution in [3.05, 3.63) is 35.6 Å². The Morgan fingerprint density at radius 3 is 2.83 bits per heavy atom. The van der Waals surface area contributed by atoms with Crippen LogP contribution in [-0.4, -0.2) is 36.0 Å². The molecule has 0 saturated carbocycles. The lowest BCUT2D eigenvalue weighted by Gasteiger charge is -2.32. The predicted molar refractivity (Wildman–Crippen MR) is 69.0 cm³/mol. The van der Waals surface area contributed by atoms with Gasteiger partial charge < -0.3 is 10.2 Å². The zero-order valence-corrected chi connectivity index (χ0v) is 10.8. The van der Waals surface area contributed by atoms with Crippen LogP contribution in [-0.2, 0) is 0 Å². The van der Waals surface area contributed by atoms with E-state index < -0.39 is 0 Å². The molecule has 1 aliphatic rings. The molecular weight excluding hydrogens is 231 g/mol. The van der Waals surface area contributed by atoms with Crippen LogP contribution in [0, 0.1) is 5.82 Å². The quantitative estimate of drug-likeness (QED) is 0.890. The summed E-state index contributed by atoms with van der Waals surface area (Å²) in [5, 5.41) is 3.26. The van der Waals surface area contributed by atoms with E-state index in [4.69, 9.17) is 0 Å². The summed E-state index contributed by atoms with van der Waals surface area (Å²) in [7, 11) is 0. The monoisotopic (exact) mass is 250 g/mol. The van der Waals surface area contributed by atoms with E-state index in [1.165, 1.54) is 12.1 Å². The highest BCUT2D eigenvalue weighted by Gasteiger charge is 2.29. The Morgan fingerprint density at radius 1 is 1.50 bits per heavy atom. The summed E-state index contributed by atoms with van der Waals surface area (Å²) in [6.07, 6.45) is 0.958. The van der Waals surface area contributed by atoms with Gasteiger partial charge in [0.2, 0.25) is 0 Å². The third-order valence-electron chi connectivity index (χ3n) is 3.29. The summed E-state index contributed by atoms with van der Waals surface area (Å²) in [5.41, 5.74) is 0.426. The molecule has 1 fully saturated rings. The van der Waals surface area contributed by atoms with Crippen LogP contribution in [0.2, 0.25) is 0 Å². The molecule has 1 aliphatic heterocycles. The molecular formula is C14H19FN2O. The van der Waals surface area contributed by atoms with Crippen LogP contribution in [0.1, 0.15) is 30.6 Å². The molecule has 2 rings (SSSR count). The highest BCUT2D eigenvalue weighted by atomic mass is 19.1. The maximum Gasteiger partial charge on any atom is 0.254 e. The van der Waals surface area contributed by atoms with Crippen molar-refractivity contribution in [1.29, 1.82) is 0 Å². The molecule has 1 atom stereocenters. The second-order valence-corrected chi connectivity index (χ2v) is 4.96. The molecule has 0 bridgehead atoms. The summed E-state index contributed by atoms with van der Waals surface area (Å²) in [6, 6.07) is 6.23. The van der Waals surface area contributed by atoms with Crippen LogP contribution in [0.5, 0.6) is 0 Å². The number of benzene rings is 1. The number of carbonyl (C=O) groups is 1. The minimum Gasteiger partial charge on any atom is -0.332 e. The van der Waals surface area contributed by atoms with E-state index in [0.29, 0.717) is 5.56 Å². The summed E-state index contributed by atoms with van der Waals surface area (Å²) >= 11 is 0. The molecule has 1 saturated heterocycles. The van der Waals surface area contributed by atoms with Crippen molar-refractivity contribution in [1.82, 2.24) is 10.2 Å². The van der Waals surface area contributed by atoms with Gasteiger partial charge in [0, 0.05) is 24.2 Å². The number of nitrogens with zero attached hydrogens (tertiary/aromatic N) is 1. The maximum absolute atomic E-state index is 13.2. The summed E-state index contributed by atoms with van der Waals surface area (Å²) < 4.78 is 13.2. The van der Waals surface area contributed by atoms with Crippen molar-refractivity contribution in [3.63, 3.8) is 0 Å². The fourth-order valence-corrected chi connectivity index (χ4v) is 2.47. The van der Waals surface area contributed by atoms with Gasteiger partial charge in [0.15, 0.2) is 0 Å². The lowest BCUT2D eigenvalue weighted by atomic mass is 10.1. The first-order valence-corrected chi connectivity index (χ1v) is 6.38. The van der Waals surface area contributed by atoms with Crippen LogP contribution < -0.4 is 5.32 Å². The Bertz CT molecular complexity index is 428. The SMILES string of the molecule is CC(C)N(C(=O)c1cccc(F)c1)C1CCNC1. The molecule has 3 nitrogen and oxygen atoms in total. The van der Waals surface area contributed by atoms with Gasteiger partial charge in [0.1, 0.15) is 5.82 Å². The van der Waals surface area contributed by atoms with Gasteiger partial charge in [-0.1, -0.05) is 6.07 Å². The molecule has 1 unspecified atom stereocenters. The van der Waals surface area contributed by atoms with Crippen molar-refractivity contribution >= 4 is 5.91 Å². The fraction of sp³-hybridized carbons (Fsp3) is 0.500. The molecule has 1 aromatic rings. The Morgan fingerprint density at radius 2 is 2.28 bits per heavy atom. The smallest absolute Gasteiger partial charge is 0.254 e. The van der Waals surface area contributed by atoms with Crippen molar-refractivity contribution in [3.8, 4) is 0 Å². The van der Waals surface area contributed by atoms with Crippen LogP contribution >= 0.6 is 0 Å². The van der Waals surface area contributed by atoms with E-state index in [9.17, 15) is 9.18 Å². The number of amides is 1. The number of nitrogens with one attached hydrogen (secondary N) is 1. The number of halogens is 1. The normalized spacial score (nSPS) is 19.2. The molecule has 1 N–H and O–H groups in total. The molecule has 1 amide bonds. The maximum atomic E-state index is 13.2. The lowest BCUT2D eigenvalue weighted by molar-refractivity contribution is 0.0626. The highest BCUT2D eigenvalue weighted by Crippen LogP contribution is 2.17. The molecule has 0 aromatic heterocycles. The van der Waals surface area contributed by atoms with E-state index in [0.717, 1.165) is 19.5 Å². The Balaban J connectivity index is 2.22. The molecule has 4 heteroatoms. The minimum atomic E-state index is -0.367. The van der Waals surface area contributed by atoms with Crippen molar-refractivity contribution in [2.24, 2.45) is 0 Å². The van der Waals surface area contributed by atoms with Gasteiger partial charge in [-0.05, 0) is 45.0 Å². The first-order valence-electron chi connectivity index (χ1n) is 6.38. The van der Waals surface area contributed by atoms with E-state index in [-0.39, 0.29) is 23.8 Å². The summed E-state index contributed by atoms with van der Waals surface area (Å²) in [4.78, 5) is 14.3. The zero-order valence-electron chi connectivity index (χ0n) is 10.8. The third kappa shape index (κ3) is 2.70. The van der Waals surface area contributed by atoms with Gasteiger partial charge in [0.25, 0.3) is 5.91 Å². The number of carbonyl (C=O) groups excluding carboxylic acids is 1. The van der Waals surface area contributed by atoms with Gasteiger partial charge in [-0.25, -0.2) is 4.39 Å². The van der Waals surface area contributed by atoms with Gasteiger partial charge in [-0.3, -0.25) is 4.79 Å². The largest absolute Gasteiger partial charge is 0.332 e. The minimum absolute atomic E-state index is 0.0850. The Hall–Kier alpha value is -1.42. The molecule has 0 aliphatic carbocycles. The van der Waals surface area contributed by atoms with Crippen LogP contribution in [0.4, 0.5) is 4.39 Å². The second kappa shape index (κ2) is 5.48. The van der Waals surface area contributed by atoms with Crippen molar-refractivity contribution in [2.75, 3.05) is 13.1 Å². The van der Waals surface area contributed by atoms with Crippen LogP contribution in [0.25, 0.3) is 0 Å². The fourth-order valence-electron chi connectivity index (χ4n) is 2.47. The average Bonchev–Trinajstić information content (AvgIpc) is 2.82. The van der Waals surface area contributed by atoms with Crippen molar-refractivity contribution < 1.29 is 9.18 Å². The highest BCUT2D eigenvalue weighted by molar-refractivity contribution is 5.94. The summed E-state index contributed by atoms with van der Waals surface area (Å²) in [5.74, 6) is -0.452. The average molecular weight is 250 g/mol. The van der Waals surface area contributed by atoms with Gasteiger partial charge >= 0.3 is 0 Å². The van der Waals surface area contributed by atoms with E-state index >= 15 is 0 Å². The van der Waals surface area contributed by atoms with E-state index in [2.05, 4.69) is 5.32 Å². The van der Waals surface area contributed by atoms with E-state index in [1.54, 1.807) is 12.1 Å². The van der Waals surface area contributed by atoms with Crippen molar-refractivity contribution in [2.45, 2.75) is 32.4 Å². The second-order valence-electron chi connectivity index (χ2n) is 4.96. The lowest BCUT2D eigenvalue weighted by Crippen LogP contribution is -2.45. The molecule has 98 valence electrons. The Labute approximate surface area is 107 Å². The zero-order chi connectivity index (χ0) is 13.1. The molecule has 0 spiro atoms. The molecule has 1 heterocycles. The number of rotatable bonds is 3. The number of hydrogen-bond donors (Lipinski definition) is 1. The number of hydrogen-bond acceptors (Lipinski definition) is 2. The van der Waals surface area contributed by atoms with Crippen LogP contribution in [0.15, 0.2) is 24.3 Å². The van der Waals surface area contributed by atoms with Crippen LogP contribution in [0.3, 0.4) is 0 Å². The third-order valence-corrected chi connectivity index (χ3v) is 3.29. The van der Waals surface area contributed by atoms with E-state index in [1.807, 2.05) is 18.7 Å². The first kappa shape index (κ1) is 13.0. The Kier molecular flexibility index (Phi) is 3.97. The molecule has 1 aromatic carbocycles. The first-order chi connectivity index (χ1) is 8.59. The van der Waals surface area contributed by atoms with Gasteiger partial charge in [-0.15, -0.1) is 0 Å². The molecule has 0 radical (unpaired) electrons. The van der Waals surface area contributed by atoms with Gasteiger partial charge in [-0.2, -0.15) is 0 Å². The topological polar surface area (TPSA) is 32.3 Å². The van der Waals surface area contributed by atoms with Gasteiger partial charge in [0.05, 0.1) is 0 Å².